The van der Waals surface area contributed by atoms with Gasteiger partial charge in [0.25, 0.3) is 0 Å². The van der Waals surface area contributed by atoms with Gasteiger partial charge in [-0.3, -0.25) is 0 Å². The average molecular weight is 241 g/mol. The maximum Gasteiger partial charge on any atom is 0.130 e. The summed E-state index contributed by atoms with van der Waals surface area (Å²) in [5.41, 5.74) is 1.69. The Hall–Kier alpha value is -2.28. The summed E-state index contributed by atoms with van der Waals surface area (Å²) in [5.74, 6) is 0.762. The minimum Gasteiger partial charge on any atom is -0.487 e. The van der Waals surface area contributed by atoms with Crippen LogP contribution in [-0.4, -0.2) is 9.55 Å². The van der Waals surface area contributed by atoms with Gasteiger partial charge in [0.15, 0.2) is 0 Å². The summed E-state index contributed by atoms with van der Waals surface area (Å²) in [6.45, 7) is 3.57. The Morgan fingerprint density at radius 2 is 2.11 bits per heavy atom. The van der Waals surface area contributed by atoms with Crippen LogP contribution >= 0.6 is 0 Å². The molecule has 0 atom stereocenters. The Kier molecular flexibility index (Phi) is 3.98. The van der Waals surface area contributed by atoms with Gasteiger partial charge >= 0.3 is 0 Å². The van der Waals surface area contributed by atoms with Gasteiger partial charge in [0.2, 0.25) is 0 Å². The molecule has 4 nitrogen and oxygen atoms in total. The van der Waals surface area contributed by atoms with Crippen LogP contribution in [0.3, 0.4) is 0 Å². The summed E-state index contributed by atoms with van der Waals surface area (Å²) < 4.78 is 7.75. The fourth-order valence-electron chi connectivity index (χ4n) is 1.69. The number of hydrogen-bond acceptors (Lipinski definition) is 3. The van der Waals surface area contributed by atoms with Crippen LogP contribution < -0.4 is 4.74 Å². The molecule has 0 aliphatic carbocycles. The number of imidazole rings is 1. The molecule has 1 heterocycles. The standard InChI is InChI=1S/C14H15N3O/c1-2-7-17-11-16-9-13(17)10-18-14-5-3-12(8-15)4-6-14/h3-6,9,11H,2,7,10H2,1H3. The van der Waals surface area contributed by atoms with Crippen LogP contribution in [0.1, 0.15) is 24.6 Å². The number of nitriles is 1. The molecule has 1 aromatic carbocycles. The van der Waals surface area contributed by atoms with E-state index in [-0.39, 0.29) is 0 Å². The van der Waals surface area contributed by atoms with E-state index in [2.05, 4.69) is 22.5 Å². The normalized spacial score (nSPS) is 10.0. The topological polar surface area (TPSA) is 50.8 Å². The van der Waals surface area contributed by atoms with E-state index in [1.54, 1.807) is 24.3 Å². The lowest BCUT2D eigenvalue weighted by Crippen LogP contribution is -2.04. The number of rotatable bonds is 5. The highest BCUT2D eigenvalue weighted by Crippen LogP contribution is 2.13. The second kappa shape index (κ2) is 5.87. The molecular weight excluding hydrogens is 226 g/mol. The van der Waals surface area contributed by atoms with Crippen molar-refractivity contribution in [1.82, 2.24) is 9.55 Å². The first-order valence-electron chi connectivity index (χ1n) is 5.95. The Balaban J connectivity index is 1.98. The lowest BCUT2D eigenvalue weighted by Gasteiger charge is -2.08. The van der Waals surface area contributed by atoms with Gasteiger partial charge in [-0.1, -0.05) is 6.92 Å². The van der Waals surface area contributed by atoms with Crippen LogP contribution in [0.5, 0.6) is 5.75 Å². The number of hydrogen-bond donors (Lipinski definition) is 0. The molecule has 0 N–H and O–H groups in total. The predicted octanol–water partition coefficient (Wildman–Crippen LogP) is 2.74. The molecule has 0 fully saturated rings. The molecule has 0 radical (unpaired) electrons. The van der Waals surface area contributed by atoms with Gasteiger partial charge in [0, 0.05) is 6.54 Å². The summed E-state index contributed by atoms with van der Waals surface area (Å²) in [6.07, 6.45) is 4.71. The van der Waals surface area contributed by atoms with E-state index in [0.29, 0.717) is 12.2 Å². The van der Waals surface area contributed by atoms with Crippen LogP contribution in [0.15, 0.2) is 36.8 Å². The first-order valence-corrected chi connectivity index (χ1v) is 5.95. The minimum absolute atomic E-state index is 0.492. The van der Waals surface area contributed by atoms with E-state index in [4.69, 9.17) is 10.00 Å². The summed E-state index contributed by atoms with van der Waals surface area (Å²) in [4.78, 5) is 4.12. The van der Waals surface area contributed by atoms with Crippen LogP contribution in [0, 0.1) is 11.3 Å². The van der Waals surface area contributed by atoms with Crippen molar-refractivity contribution in [1.29, 1.82) is 5.26 Å². The van der Waals surface area contributed by atoms with Crippen molar-refractivity contribution in [2.45, 2.75) is 26.5 Å². The Labute approximate surface area is 106 Å². The van der Waals surface area contributed by atoms with E-state index < -0.39 is 0 Å². The molecule has 4 heteroatoms. The Bertz CT molecular complexity index is 537. The van der Waals surface area contributed by atoms with Crippen LogP contribution in [0.2, 0.25) is 0 Å². The summed E-state index contributed by atoms with van der Waals surface area (Å²) >= 11 is 0. The average Bonchev–Trinajstić information content (AvgIpc) is 2.85. The van der Waals surface area contributed by atoms with Gasteiger partial charge in [0.1, 0.15) is 12.4 Å². The molecule has 2 aromatic rings. The van der Waals surface area contributed by atoms with Crippen molar-refractivity contribution < 1.29 is 4.74 Å². The third kappa shape index (κ3) is 2.89. The fourth-order valence-corrected chi connectivity index (χ4v) is 1.69. The number of nitrogens with zero attached hydrogens (tertiary/aromatic N) is 3. The maximum absolute atomic E-state index is 8.70. The van der Waals surface area contributed by atoms with E-state index in [0.717, 1.165) is 24.4 Å². The molecule has 0 bridgehead atoms. The van der Waals surface area contributed by atoms with Crippen molar-refractivity contribution >= 4 is 0 Å². The lowest BCUT2D eigenvalue weighted by atomic mass is 10.2. The highest BCUT2D eigenvalue weighted by Gasteiger charge is 2.02. The smallest absolute Gasteiger partial charge is 0.130 e. The molecule has 0 unspecified atom stereocenters. The van der Waals surface area contributed by atoms with E-state index in [1.807, 2.05) is 12.5 Å². The van der Waals surface area contributed by atoms with Gasteiger partial charge < -0.3 is 9.30 Å². The molecule has 0 amide bonds. The summed E-state index contributed by atoms with van der Waals surface area (Å²) in [6, 6.07) is 9.19. The Morgan fingerprint density at radius 1 is 1.33 bits per heavy atom. The molecule has 0 saturated carbocycles. The quantitative estimate of drug-likeness (QED) is 0.808. The van der Waals surface area contributed by atoms with E-state index >= 15 is 0 Å². The molecular formula is C14H15N3O. The monoisotopic (exact) mass is 241 g/mol. The van der Waals surface area contributed by atoms with Crippen molar-refractivity contribution in [3.05, 3.63) is 48.0 Å². The third-order valence-electron chi connectivity index (χ3n) is 2.63. The largest absolute Gasteiger partial charge is 0.487 e. The van der Waals surface area contributed by atoms with Gasteiger partial charge in [-0.25, -0.2) is 4.98 Å². The third-order valence-corrected chi connectivity index (χ3v) is 2.63. The lowest BCUT2D eigenvalue weighted by molar-refractivity contribution is 0.294. The van der Waals surface area contributed by atoms with Crippen molar-refractivity contribution in [2.24, 2.45) is 0 Å². The number of ether oxygens (including phenoxy) is 1. The summed E-state index contributed by atoms with van der Waals surface area (Å²) in [7, 11) is 0. The molecule has 0 aliphatic rings. The second-order valence-corrected chi connectivity index (χ2v) is 4.00. The molecule has 1 aromatic heterocycles. The van der Waals surface area contributed by atoms with Crippen molar-refractivity contribution in [3.63, 3.8) is 0 Å². The number of aryl methyl sites for hydroxylation is 1. The first kappa shape index (κ1) is 12.2. The second-order valence-electron chi connectivity index (χ2n) is 4.00. The molecule has 0 saturated heterocycles. The highest BCUT2D eigenvalue weighted by atomic mass is 16.5. The fraction of sp³-hybridized carbons (Fsp3) is 0.286. The number of benzene rings is 1. The van der Waals surface area contributed by atoms with E-state index in [1.165, 1.54) is 0 Å². The molecule has 18 heavy (non-hydrogen) atoms. The van der Waals surface area contributed by atoms with Gasteiger partial charge in [0.05, 0.1) is 29.9 Å². The molecule has 2 rings (SSSR count). The maximum atomic E-state index is 8.70. The van der Waals surface area contributed by atoms with Crippen molar-refractivity contribution in [2.75, 3.05) is 0 Å². The van der Waals surface area contributed by atoms with Gasteiger partial charge in [-0.05, 0) is 30.7 Å². The Morgan fingerprint density at radius 3 is 2.78 bits per heavy atom. The van der Waals surface area contributed by atoms with Gasteiger partial charge in [-0.15, -0.1) is 0 Å². The summed E-state index contributed by atoms with van der Waals surface area (Å²) in [5, 5.41) is 8.70. The zero-order valence-corrected chi connectivity index (χ0v) is 10.3. The first-order chi connectivity index (χ1) is 8.83. The minimum atomic E-state index is 0.492. The van der Waals surface area contributed by atoms with Crippen LogP contribution in [0.25, 0.3) is 0 Å². The van der Waals surface area contributed by atoms with Crippen molar-refractivity contribution in [3.8, 4) is 11.8 Å². The zero-order chi connectivity index (χ0) is 12.8. The van der Waals surface area contributed by atoms with Gasteiger partial charge in [-0.2, -0.15) is 5.26 Å². The highest BCUT2D eigenvalue weighted by molar-refractivity contribution is 5.34. The number of aromatic nitrogens is 2. The molecule has 92 valence electrons. The van der Waals surface area contributed by atoms with Crippen LogP contribution in [0.4, 0.5) is 0 Å². The predicted molar refractivity (Wildman–Crippen MR) is 68.0 cm³/mol. The SMILES string of the molecule is CCCn1cncc1COc1ccc(C#N)cc1. The van der Waals surface area contributed by atoms with Crippen LogP contribution in [-0.2, 0) is 13.2 Å². The zero-order valence-electron chi connectivity index (χ0n) is 10.3. The van der Waals surface area contributed by atoms with E-state index in [9.17, 15) is 0 Å². The molecule has 0 spiro atoms. The molecule has 0 aliphatic heterocycles.